The van der Waals surface area contributed by atoms with Gasteiger partial charge in [-0.1, -0.05) is 23.4 Å². The Balaban J connectivity index is 2.07. The summed E-state index contributed by atoms with van der Waals surface area (Å²) in [5, 5.41) is 5.15. The van der Waals surface area contributed by atoms with E-state index in [9.17, 15) is 9.59 Å². The first-order chi connectivity index (χ1) is 12.0. The quantitative estimate of drug-likeness (QED) is 0.505. The van der Waals surface area contributed by atoms with Crippen LogP contribution in [0.25, 0.3) is 0 Å². The molecule has 1 aromatic heterocycles. The minimum Gasteiger partial charge on any atom is -0.463 e. The van der Waals surface area contributed by atoms with Crippen LogP contribution in [0.1, 0.15) is 17.5 Å². The van der Waals surface area contributed by atoms with Gasteiger partial charge in [-0.05, 0) is 24.3 Å². The predicted molar refractivity (Wildman–Crippen MR) is 89.5 cm³/mol. The van der Waals surface area contributed by atoms with E-state index in [2.05, 4.69) is 14.8 Å². The van der Waals surface area contributed by atoms with Crippen LogP contribution in [0, 0.1) is 0 Å². The lowest BCUT2D eigenvalue weighted by Crippen LogP contribution is -2.12. The topological polar surface area (TPSA) is 92.5 Å². The molecule has 1 aromatic carbocycles. The van der Waals surface area contributed by atoms with E-state index < -0.39 is 5.97 Å². The predicted octanol–water partition coefficient (Wildman–Crippen LogP) is 2.41. The van der Waals surface area contributed by atoms with E-state index in [1.54, 1.807) is 12.1 Å². The third kappa shape index (κ3) is 6.04. The zero-order chi connectivity index (χ0) is 18.2. The number of halogens is 1. The summed E-state index contributed by atoms with van der Waals surface area (Å²) in [5.41, 5.74) is 0. The molecular formula is C15H16ClN3O5S. The number of rotatable bonds is 8. The minimum absolute atomic E-state index is 0.0428. The highest BCUT2D eigenvalue weighted by molar-refractivity contribution is 7.99. The molecule has 8 nitrogen and oxygen atoms in total. The summed E-state index contributed by atoms with van der Waals surface area (Å²) < 4.78 is 16.2. The van der Waals surface area contributed by atoms with Crippen LogP contribution < -0.4 is 0 Å². The van der Waals surface area contributed by atoms with Crippen LogP contribution in [0.5, 0.6) is 0 Å². The average molecular weight is 386 g/mol. The van der Waals surface area contributed by atoms with Crippen molar-refractivity contribution in [1.29, 1.82) is 0 Å². The Hall–Kier alpha value is -2.10. The molecule has 2 aromatic rings. The van der Waals surface area contributed by atoms with Gasteiger partial charge in [0.1, 0.15) is 13.3 Å². The van der Waals surface area contributed by atoms with E-state index in [-0.39, 0.29) is 31.7 Å². The number of ether oxygens (including phenoxy) is 3. The van der Waals surface area contributed by atoms with Crippen LogP contribution in [0.2, 0.25) is 5.02 Å². The van der Waals surface area contributed by atoms with Crippen molar-refractivity contribution < 1.29 is 23.8 Å². The standard InChI is InChI=1S/C15H16ClN3O5S/c1-10(20)24-8-7-23-9-19-15(17-13(18-19)14(21)22-2)25-12-5-3-11(16)4-6-12/h3-6H,7-9H2,1-2H3. The van der Waals surface area contributed by atoms with Crippen molar-refractivity contribution >= 4 is 35.3 Å². The summed E-state index contributed by atoms with van der Waals surface area (Å²) in [6.07, 6.45) is 0. The fourth-order valence-corrected chi connectivity index (χ4v) is 2.61. The van der Waals surface area contributed by atoms with Gasteiger partial charge in [-0.15, -0.1) is 5.10 Å². The molecule has 0 aliphatic rings. The number of aromatic nitrogens is 3. The van der Waals surface area contributed by atoms with Gasteiger partial charge in [-0.3, -0.25) is 4.79 Å². The lowest BCUT2D eigenvalue weighted by atomic mass is 10.4. The lowest BCUT2D eigenvalue weighted by Gasteiger charge is -2.07. The zero-order valence-corrected chi connectivity index (χ0v) is 15.2. The van der Waals surface area contributed by atoms with Crippen LogP contribution in [0.4, 0.5) is 0 Å². The summed E-state index contributed by atoms with van der Waals surface area (Å²) in [6.45, 7) is 1.69. The maximum absolute atomic E-state index is 11.6. The van der Waals surface area contributed by atoms with E-state index in [4.69, 9.17) is 21.1 Å². The summed E-state index contributed by atoms with van der Waals surface area (Å²) in [4.78, 5) is 27.4. The van der Waals surface area contributed by atoms with Crippen molar-refractivity contribution in [3.63, 3.8) is 0 Å². The largest absolute Gasteiger partial charge is 0.463 e. The summed E-state index contributed by atoms with van der Waals surface area (Å²) in [6, 6.07) is 7.15. The highest BCUT2D eigenvalue weighted by atomic mass is 35.5. The second-order valence-electron chi connectivity index (χ2n) is 4.64. The Bertz CT molecular complexity index is 735. The van der Waals surface area contributed by atoms with Gasteiger partial charge < -0.3 is 14.2 Å². The Morgan fingerprint density at radius 3 is 2.60 bits per heavy atom. The van der Waals surface area contributed by atoms with Crippen LogP contribution in [-0.2, 0) is 25.7 Å². The first-order valence-corrected chi connectivity index (χ1v) is 8.36. The Labute approximate surface area is 153 Å². The average Bonchev–Trinajstić information content (AvgIpc) is 2.98. The number of esters is 2. The third-order valence-electron chi connectivity index (χ3n) is 2.78. The number of nitrogens with zero attached hydrogens (tertiary/aromatic N) is 3. The number of methoxy groups -OCH3 is 1. The molecular weight excluding hydrogens is 370 g/mol. The van der Waals surface area contributed by atoms with E-state index in [1.807, 2.05) is 12.1 Å². The third-order valence-corrected chi connectivity index (χ3v) is 4.02. The molecule has 0 radical (unpaired) electrons. The van der Waals surface area contributed by atoms with Crippen molar-refractivity contribution in [2.45, 2.75) is 23.7 Å². The fourth-order valence-electron chi connectivity index (χ4n) is 1.67. The van der Waals surface area contributed by atoms with Gasteiger partial charge >= 0.3 is 11.9 Å². The number of benzene rings is 1. The minimum atomic E-state index is -0.642. The monoisotopic (exact) mass is 385 g/mol. The molecule has 0 N–H and O–H groups in total. The summed E-state index contributed by atoms with van der Waals surface area (Å²) >= 11 is 7.17. The highest BCUT2D eigenvalue weighted by Crippen LogP contribution is 2.27. The molecule has 25 heavy (non-hydrogen) atoms. The van der Waals surface area contributed by atoms with Gasteiger partial charge in [-0.25, -0.2) is 9.48 Å². The van der Waals surface area contributed by atoms with E-state index in [0.29, 0.717) is 10.2 Å². The van der Waals surface area contributed by atoms with Crippen molar-refractivity contribution in [2.24, 2.45) is 0 Å². The van der Waals surface area contributed by atoms with Crippen LogP contribution in [0.3, 0.4) is 0 Å². The highest BCUT2D eigenvalue weighted by Gasteiger charge is 2.18. The molecule has 2 rings (SSSR count). The number of carbonyl (C=O) groups excluding carboxylic acids is 2. The number of hydrogen-bond acceptors (Lipinski definition) is 8. The Morgan fingerprint density at radius 2 is 1.96 bits per heavy atom. The summed E-state index contributed by atoms with van der Waals surface area (Å²) in [5.74, 6) is -1.09. The molecule has 0 atom stereocenters. The molecule has 0 fully saturated rings. The SMILES string of the molecule is COC(=O)c1nc(Sc2ccc(Cl)cc2)n(COCCOC(C)=O)n1. The van der Waals surface area contributed by atoms with E-state index in [1.165, 1.54) is 30.5 Å². The molecule has 0 saturated carbocycles. The van der Waals surface area contributed by atoms with Crippen molar-refractivity contribution in [3.05, 3.63) is 35.1 Å². The van der Waals surface area contributed by atoms with Crippen molar-refractivity contribution in [2.75, 3.05) is 20.3 Å². The van der Waals surface area contributed by atoms with E-state index >= 15 is 0 Å². The molecule has 0 bridgehead atoms. The molecule has 1 heterocycles. The number of carbonyl (C=O) groups is 2. The van der Waals surface area contributed by atoms with Crippen molar-refractivity contribution in [1.82, 2.24) is 14.8 Å². The molecule has 0 amide bonds. The fraction of sp³-hybridized carbons (Fsp3) is 0.333. The molecule has 0 spiro atoms. The summed E-state index contributed by atoms with van der Waals surface area (Å²) in [7, 11) is 1.25. The smallest absolute Gasteiger partial charge is 0.377 e. The van der Waals surface area contributed by atoms with Gasteiger partial charge in [-0.2, -0.15) is 4.98 Å². The lowest BCUT2D eigenvalue weighted by molar-refractivity contribution is -0.143. The maximum atomic E-state index is 11.6. The first-order valence-electron chi connectivity index (χ1n) is 7.17. The molecule has 134 valence electrons. The van der Waals surface area contributed by atoms with Crippen molar-refractivity contribution in [3.8, 4) is 0 Å². The normalized spacial score (nSPS) is 10.5. The molecule has 0 saturated heterocycles. The Morgan fingerprint density at radius 1 is 1.24 bits per heavy atom. The number of hydrogen-bond donors (Lipinski definition) is 0. The van der Waals surface area contributed by atoms with Gasteiger partial charge in [0.15, 0.2) is 5.16 Å². The molecule has 0 aliphatic carbocycles. The molecule has 0 aliphatic heterocycles. The second kappa shape index (κ2) is 9.40. The van der Waals surface area contributed by atoms with E-state index in [0.717, 1.165) is 4.90 Å². The molecule has 10 heteroatoms. The van der Waals surface area contributed by atoms with Gasteiger partial charge in [0, 0.05) is 16.8 Å². The molecule has 0 unspecified atom stereocenters. The van der Waals surface area contributed by atoms with Gasteiger partial charge in [0.2, 0.25) is 0 Å². The van der Waals surface area contributed by atoms with Gasteiger partial charge in [0.05, 0.1) is 13.7 Å². The van der Waals surface area contributed by atoms with Crippen LogP contribution in [0.15, 0.2) is 34.3 Å². The maximum Gasteiger partial charge on any atom is 0.377 e. The van der Waals surface area contributed by atoms with Crippen LogP contribution >= 0.6 is 23.4 Å². The first kappa shape index (κ1) is 19.2. The Kier molecular flexibility index (Phi) is 7.23. The second-order valence-corrected chi connectivity index (χ2v) is 6.12. The van der Waals surface area contributed by atoms with Crippen LogP contribution in [-0.4, -0.2) is 47.0 Å². The van der Waals surface area contributed by atoms with Gasteiger partial charge in [0.25, 0.3) is 5.82 Å². The zero-order valence-electron chi connectivity index (χ0n) is 13.6.